The Morgan fingerprint density at radius 2 is 0.952 bits per heavy atom. The number of rotatable bonds is 6. The summed E-state index contributed by atoms with van der Waals surface area (Å²) in [7, 11) is 0. The van der Waals surface area contributed by atoms with Crippen molar-refractivity contribution in [3.05, 3.63) is 71.8 Å². The molecule has 0 fully saturated rings. The van der Waals surface area contributed by atoms with E-state index in [0.717, 1.165) is 0 Å². The Morgan fingerprint density at radius 1 is 0.619 bits per heavy atom. The fourth-order valence-electron chi connectivity index (χ4n) is 1.76. The van der Waals surface area contributed by atoms with Crippen molar-refractivity contribution in [3.8, 4) is 0 Å². The van der Waals surface area contributed by atoms with Crippen LogP contribution in [0.3, 0.4) is 0 Å². The van der Waals surface area contributed by atoms with Gasteiger partial charge in [0.2, 0.25) is 0 Å². The molecule has 0 spiro atoms. The third kappa shape index (κ3) is 5.50. The van der Waals surface area contributed by atoms with E-state index in [4.69, 9.17) is 0 Å². The number of benzene rings is 2. The fraction of sp³-hybridized carbons (Fsp3) is 0.143. The maximum atomic E-state index is 11.9. The molecule has 0 radical (unpaired) electrons. The van der Waals surface area contributed by atoms with E-state index in [2.05, 4.69) is 2.90 Å². The average molecular weight is 420 g/mol. The van der Waals surface area contributed by atoms with Crippen LogP contribution in [-0.2, 0) is 28.9 Å². The predicted molar refractivity (Wildman–Crippen MR) is 75.6 cm³/mol. The van der Waals surface area contributed by atoms with Crippen molar-refractivity contribution in [2.24, 2.45) is 0 Å². The molecular weight excluding hydrogens is 406 g/mol. The third-order valence-corrected chi connectivity index (χ3v) is 10.9. The molecule has 0 saturated carbocycles. The molecule has 5 nitrogen and oxygen atoms in total. The summed E-state index contributed by atoms with van der Waals surface area (Å²) < 4.78 is 52.1. The Hall–Kier alpha value is -1.36. The van der Waals surface area contributed by atoms with Gasteiger partial charge >= 0.3 is 127 Å². The van der Waals surface area contributed by atoms with E-state index in [1.165, 1.54) is 0 Å². The first kappa shape index (κ1) is 16.0. The molecule has 7 heteroatoms. The van der Waals surface area contributed by atoms with E-state index < -0.39 is 36.7 Å². The van der Waals surface area contributed by atoms with Gasteiger partial charge in [-0.15, -0.1) is 0 Å². The minimum atomic E-state index is -4.98. The van der Waals surface area contributed by atoms with Crippen molar-refractivity contribution < 1.29 is 18.2 Å². The Morgan fingerprint density at radius 3 is 1.29 bits per heavy atom. The molecule has 0 saturated heterocycles. The molecule has 0 aliphatic carbocycles. The fourth-order valence-corrected chi connectivity index (χ4v) is 9.64. The van der Waals surface area contributed by atoms with Gasteiger partial charge in [-0.2, -0.15) is 0 Å². The van der Waals surface area contributed by atoms with E-state index in [1.54, 1.807) is 60.7 Å². The van der Waals surface area contributed by atoms with Gasteiger partial charge < -0.3 is 0 Å². The Balaban J connectivity index is 2.09. The summed E-state index contributed by atoms with van der Waals surface area (Å²) in [6.07, 6.45) is 0. The van der Waals surface area contributed by atoms with Crippen molar-refractivity contribution >= 4 is 26.1 Å². The van der Waals surface area contributed by atoms with Gasteiger partial charge in [0.25, 0.3) is 0 Å². The molecule has 112 valence electrons. The standard InChI is InChI=1S/C14H14O5Se2/c15-20(16,11-13-7-3-1-4-8-13)19-21(17,18)12-14-9-5-2-6-10-14/h1-10H,11-12H2. The normalized spacial score (nSPS) is 12.2. The number of hydrogen-bond acceptors (Lipinski definition) is 5. The first-order valence-corrected chi connectivity index (χ1v) is 12.7. The summed E-state index contributed by atoms with van der Waals surface area (Å²) in [5.74, 6) is 0. The summed E-state index contributed by atoms with van der Waals surface area (Å²) in [6.45, 7) is 0. The maximum absolute atomic E-state index is 11.9. The molecule has 0 bridgehead atoms. The van der Waals surface area contributed by atoms with Gasteiger partial charge in [0.05, 0.1) is 0 Å². The molecule has 0 atom stereocenters. The van der Waals surface area contributed by atoms with Crippen molar-refractivity contribution in [1.29, 1.82) is 0 Å². The van der Waals surface area contributed by atoms with E-state index in [1.807, 2.05) is 0 Å². The molecule has 2 rings (SSSR count). The van der Waals surface area contributed by atoms with Gasteiger partial charge in [0.15, 0.2) is 0 Å². The SMILES string of the molecule is O=[Se](=O)(Cc1ccccc1)O[Se](=O)(=O)Cc1ccccc1. The van der Waals surface area contributed by atoms with Crippen molar-refractivity contribution in [2.75, 3.05) is 0 Å². The molecule has 0 heterocycles. The second kappa shape index (κ2) is 6.60. The van der Waals surface area contributed by atoms with Crippen molar-refractivity contribution in [1.82, 2.24) is 0 Å². The molecule has 2 aromatic carbocycles. The molecule has 2 aromatic rings. The predicted octanol–water partition coefficient (Wildman–Crippen LogP) is 2.17. The van der Waals surface area contributed by atoms with Crippen LogP contribution >= 0.6 is 0 Å². The molecule has 0 amide bonds. The molecule has 0 aliphatic rings. The zero-order chi connectivity index (χ0) is 15.3. The Labute approximate surface area is 126 Å². The second-order valence-corrected chi connectivity index (χ2v) is 12.1. The van der Waals surface area contributed by atoms with Crippen LogP contribution in [0.4, 0.5) is 0 Å². The van der Waals surface area contributed by atoms with Crippen LogP contribution < -0.4 is 0 Å². The molecular formula is C14H14O5Se2. The monoisotopic (exact) mass is 422 g/mol. The Kier molecular flexibility index (Phi) is 5.04. The van der Waals surface area contributed by atoms with Crippen molar-refractivity contribution in [3.63, 3.8) is 0 Å². The van der Waals surface area contributed by atoms with Crippen LogP contribution in [0.1, 0.15) is 11.1 Å². The van der Waals surface area contributed by atoms with Crippen LogP contribution in [0.15, 0.2) is 60.7 Å². The number of hydrogen-bond donors (Lipinski definition) is 0. The second-order valence-electron chi connectivity index (χ2n) is 4.44. The first-order chi connectivity index (χ1) is 9.86. The molecule has 0 N–H and O–H groups in total. The molecule has 0 aliphatic heterocycles. The van der Waals surface area contributed by atoms with Gasteiger partial charge in [-0.3, -0.25) is 0 Å². The molecule has 21 heavy (non-hydrogen) atoms. The van der Waals surface area contributed by atoms with E-state index >= 15 is 0 Å². The first-order valence-electron chi connectivity index (χ1n) is 6.11. The summed E-state index contributed by atoms with van der Waals surface area (Å²) >= 11 is -9.97. The minimum absolute atomic E-state index is 0.393. The zero-order valence-corrected chi connectivity index (χ0v) is 14.5. The van der Waals surface area contributed by atoms with Gasteiger partial charge in [-0.25, -0.2) is 0 Å². The van der Waals surface area contributed by atoms with Crippen molar-refractivity contribution in [2.45, 2.75) is 10.6 Å². The van der Waals surface area contributed by atoms with E-state index in [0.29, 0.717) is 11.1 Å². The van der Waals surface area contributed by atoms with Crippen LogP contribution in [-0.4, -0.2) is 26.1 Å². The Bertz CT molecular complexity index is 712. The zero-order valence-electron chi connectivity index (χ0n) is 11.0. The summed E-state index contributed by atoms with van der Waals surface area (Å²) in [4.78, 5) is 0. The van der Waals surface area contributed by atoms with Crippen LogP contribution in [0.2, 0.25) is 0 Å². The average Bonchev–Trinajstić information content (AvgIpc) is 2.38. The topological polar surface area (TPSA) is 77.5 Å². The summed E-state index contributed by atoms with van der Waals surface area (Å²) in [5.41, 5.74) is 1.02. The third-order valence-electron chi connectivity index (χ3n) is 2.58. The van der Waals surface area contributed by atoms with Crippen LogP contribution in [0.25, 0.3) is 0 Å². The van der Waals surface area contributed by atoms with Gasteiger partial charge in [-0.1, -0.05) is 0 Å². The van der Waals surface area contributed by atoms with E-state index in [9.17, 15) is 15.3 Å². The summed E-state index contributed by atoms with van der Waals surface area (Å²) in [5, 5.41) is -0.786. The molecule has 0 aromatic heterocycles. The summed E-state index contributed by atoms with van der Waals surface area (Å²) in [6, 6.07) is 16.7. The van der Waals surface area contributed by atoms with Gasteiger partial charge in [0, 0.05) is 0 Å². The molecule has 0 unspecified atom stereocenters. The quantitative estimate of drug-likeness (QED) is 0.670. The van der Waals surface area contributed by atoms with Gasteiger partial charge in [-0.05, 0) is 0 Å². The van der Waals surface area contributed by atoms with Gasteiger partial charge in [0.1, 0.15) is 0 Å². The van der Waals surface area contributed by atoms with E-state index in [-0.39, 0.29) is 0 Å². The van der Waals surface area contributed by atoms with Crippen LogP contribution in [0.5, 0.6) is 0 Å². The van der Waals surface area contributed by atoms with Crippen LogP contribution in [0, 0.1) is 0 Å².